The highest BCUT2D eigenvalue weighted by Gasteiger charge is 2.55. The van der Waals surface area contributed by atoms with Crippen LogP contribution in [0.15, 0.2) is 30.3 Å². The molecule has 3 fully saturated rings. The molecule has 23 heavy (non-hydrogen) atoms. The minimum absolute atomic E-state index is 0.103. The van der Waals surface area contributed by atoms with Crippen LogP contribution < -0.4 is 5.32 Å². The lowest BCUT2D eigenvalue weighted by Crippen LogP contribution is -2.67. The summed E-state index contributed by atoms with van der Waals surface area (Å²) in [5.41, 5.74) is 0.626. The number of benzene rings is 1. The summed E-state index contributed by atoms with van der Waals surface area (Å²) in [7, 11) is 0. The normalized spacial score (nSPS) is 30.5. The minimum atomic E-state index is -1.56. The third-order valence-electron chi connectivity index (χ3n) is 3.87. The van der Waals surface area contributed by atoms with Crippen LogP contribution in [0.2, 0.25) is 0 Å². The highest BCUT2D eigenvalue weighted by atomic mass is 16.9. The van der Waals surface area contributed by atoms with Crippen LogP contribution in [0, 0.1) is 5.41 Å². The second kappa shape index (κ2) is 6.27. The molecule has 124 valence electrons. The molecule has 7 heteroatoms. The first-order valence-corrected chi connectivity index (χ1v) is 7.40. The Morgan fingerprint density at radius 3 is 2.43 bits per heavy atom. The highest BCUT2D eigenvalue weighted by Crippen LogP contribution is 2.39. The third-order valence-corrected chi connectivity index (χ3v) is 3.87. The van der Waals surface area contributed by atoms with E-state index in [1.165, 1.54) is 0 Å². The summed E-state index contributed by atoms with van der Waals surface area (Å²) < 4.78 is 21.7. The van der Waals surface area contributed by atoms with Crippen molar-refractivity contribution in [3.8, 4) is 0 Å². The monoisotopic (exact) mass is 321 g/mol. The van der Waals surface area contributed by atoms with E-state index < -0.39 is 18.1 Å². The van der Waals surface area contributed by atoms with Gasteiger partial charge in [0.25, 0.3) is 0 Å². The zero-order chi connectivity index (χ0) is 16.3. The number of hydrogen-bond acceptors (Lipinski definition) is 6. The van der Waals surface area contributed by atoms with Gasteiger partial charge in [0.1, 0.15) is 6.61 Å². The lowest BCUT2D eigenvalue weighted by molar-refractivity contribution is -0.468. The average molecular weight is 321 g/mol. The SMILES string of the molecule is CC12COC(C(C=O)NC(=O)OCc3ccccc3)(OC1)OC2. The van der Waals surface area contributed by atoms with Crippen LogP contribution in [0.5, 0.6) is 0 Å². The molecule has 3 saturated heterocycles. The molecule has 1 amide bonds. The summed E-state index contributed by atoms with van der Waals surface area (Å²) in [6, 6.07) is 8.14. The number of amides is 1. The smallest absolute Gasteiger partial charge is 0.408 e. The summed E-state index contributed by atoms with van der Waals surface area (Å²) in [6.07, 6.45) is -0.215. The molecular weight excluding hydrogens is 302 g/mol. The Kier molecular flexibility index (Phi) is 4.34. The van der Waals surface area contributed by atoms with Crippen molar-refractivity contribution < 1.29 is 28.5 Å². The highest BCUT2D eigenvalue weighted by molar-refractivity contribution is 5.73. The zero-order valence-electron chi connectivity index (χ0n) is 12.8. The molecule has 2 bridgehead atoms. The standard InChI is InChI=1S/C16H19NO6/c1-15-9-21-16(22-10-15,23-11-15)13(7-18)17-14(19)20-8-12-5-3-2-4-6-12/h2-7,13H,8-11H2,1H3,(H,17,19). The second-order valence-electron chi connectivity index (χ2n) is 6.10. The van der Waals surface area contributed by atoms with E-state index in [2.05, 4.69) is 5.32 Å². The molecule has 1 N–H and O–H groups in total. The molecular formula is C16H19NO6. The van der Waals surface area contributed by atoms with Crippen molar-refractivity contribution in [3.63, 3.8) is 0 Å². The number of fused-ring (bicyclic) bond motifs is 3. The van der Waals surface area contributed by atoms with Gasteiger partial charge in [0, 0.05) is 5.41 Å². The molecule has 0 radical (unpaired) electrons. The van der Waals surface area contributed by atoms with Crippen molar-refractivity contribution in [1.29, 1.82) is 0 Å². The zero-order valence-corrected chi connectivity index (χ0v) is 12.8. The number of carbonyl (C=O) groups is 2. The van der Waals surface area contributed by atoms with Crippen molar-refractivity contribution >= 4 is 12.4 Å². The Balaban J connectivity index is 1.57. The fourth-order valence-corrected chi connectivity index (χ4v) is 2.44. The van der Waals surface area contributed by atoms with Gasteiger partial charge in [0.15, 0.2) is 12.3 Å². The lowest BCUT2D eigenvalue weighted by Gasteiger charge is -2.51. The number of rotatable bonds is 5. The van der Waals surface area contributed by atoms with Gasteiger partial charge in [-0.05, 0) is 5.56 Å². The summed E-state index contributed by atoms with van der Waals surface area (Å²) in [5.74, 6) is -1.56. The van der Waals surface area contributed by atoms with E-state index in [0.29, 0.717) is 26.1 Å². The molecule has 7 nitrogen and oxygen atoms in total. The maximum absolute atomic E-state index is 11.9. The predicted octanol–water partition coefficient (Wildman–Crippen LogP) is 1.22. The summed E-state index contributed by atoms with van der Waals surface area (Å²) >= 11 is 0. The van der Waals surface area contributed by atoms with Gasteiger partial charge >= 0.3 is 12.1 Å². The largest absolute Gasteiger partial charge is 0.445 e. The number of carbonyl (C=O) groups excluding carboxylic acids is 2. The average Bonchev–Trinajstić information content (AvgIpc) is 2.60. The van der Waals surface area contributed by atoms with Crippen molar-refractivity contribution in [3.05, 3.63) is 35.9 Å². The number of ether oxygens (including phenoxy) is 4. The topological polar surface area (TPSA) is 83.1 Å². The van der Waals surface area contributed by atoms with Gasteiger partial charge in [-0.15, -0.1) is 0 Å². The van der Waals surface area contributed by atoms with Crippen LogP contribution in [-0.4, -0.2) is 44.2 Å². The number of alkyl carbamates (subject to hydrolysis) is 1. The van der Waals surface area contributed by atoms with Crippen LogP contribution in [0.3, 0.4) is 0 Å². The molecule has 4 rings (SSSR count). The maximum atomic E-state index is 11.9. The minimum Gasteiger partial charge on any atom is -0.445 e. The van der Waals surface area contributed by atoms with Gasteiger partial charge in [0.2, 0.25) is 0 Å². The fraction of sp³-hybridized carbons (Fsp3) is 0.500. The second-order valence-corrected chi connectivity index (χ2v) is 6.10. The van der Waals surface area contributed by atoms with E-state index in [9.17, 15) is 9.59 Å². The first-order valence-electron chi connectivity index (χ1n) is 7.40. The number of nitrogens with one attached hydrogen (secondary N) is 1. The molecule has 0 saturated carbocycles. The molecule has 0 spiro atoms. The van der Waals surface area contributed by atoms with Gasteiger partial charge in [-0.2, -0.15) is 0 Å². The maximum Gasteiger partial charge on any atom is 0.408 e. The number of hydrogen-bond donors (Lipinski definition) is 1. The van der Waals surface area contributed by atoms with Crippen molar-refractivity contribution in [2.24, 2.45) is 5.41 Å². The molecule has 3 aliphatic rings. The van der Waals surface area contributed by atoms with E-state index in [-0.39, 0.29) is 12.0 Å². The Hall–Kier alpha value is -1.96. The molecule has 0 aromatic heterocycles. The molecule has 3 aliphatic heterocycles. The molecule has 1 unspecified atom stereocenters. The van der Waals surface area contributed by atoms with Crippen LogP contribution >= 0.6 is 0 Å². The van der Waals surface area contributed by atoms with Gasteiger partial charge in [-0.3, -0.25) is 0 Å². The first-order chi connectivity index (χ1) is 11.1. The fourth-order valence-electron chi connectivity index (χ4n) is 2.44. The van der Waals surface area contributed by atoms with E-state index in [1.807, 2.05) is 37.3 Å². The van der Waals surface area contributed by atoms with E-state index >= 15 is 0 Å². The summed E-state index contributed by atoms with van der Waals surface area (Å²) in [6.45, 7) is 3.27. The third kappa shape index (κ3) is 3.36. The lowest BCUT2D eigenvalue weighted by atomic mass is 9.91. The quantitative estimate of drug-likeness (QED) is 0.821. The van der Waals surface area contributed by atoms with Crippen molar-refractivity contribution in [2.45, 2.75) is 25.5 Å². The first kappa shape index (κ1) is 15.9. The molecule has 1 aromatic carbocycles. The van der Waals surface area contributed by atoms with E-state index in [1.54, 1.807) is 0 Å². The van der Waals surface area contributed by atoms with E-state index in [0.717, 1.165) is 5.56 Å². The summed E-state index contributed by atoms with van der Waals surface area (Å²) in [5, 5.41) is 2.43. The van der Waals surface area contributed by atoms with Gasteiger partial charge in [0.05, 0.1) is 19.8 Å². The molecule has 0 aliphatic carbocycles. The number of aldehydes is 1. The Labute approximate surface area is 133 Å². The summed E-state index contributed by atoms with van der Waals surface area (Å²) in [4.78, 5) is 23.3. The van der Waals surface area contributed by atoms with Crippen molar-refractivity contribution in [1.82, 2.24) is 5.32 Å². The molecule has 1 aromatic rings. The molecule has 1 atom stereocenters. The van der Waals surface area contributed by atoms with Gasteiger partial charge < -0.3 is 29.1 Å². The van der Waals surface area contributed by atoms with Gasteiger partial charge in [-0.1, -0.05) is 37.3 Å². The predicted molar refractivity (Wildman–Crippen MR) is 78.3 cm³/mol. The Morgan fingerprint density at radius 2 is 1.87 bits per heavy atom. The van der Waals surface area contributed by atoms with E-state index in [4.69, 9.17) is 18.9 Å². The van der Waals surface area contributed by atoms with Crippen LogP contribution in [0.25, 0.3) is 0 Å². The Bertz CT molecular complexity index is 551. The van der Waals surface area contributed by atoms with Crippen LogP contribution in [0.1, 0.15) is 12.5 Å². The molecule has 3 heterocycles. The van der Waals surface area contributed by atoms with Gasteiger partial charge in [-0.25, -0.2) is 4.79 Å². The van der Waals surface area contributed by atoms with Crippen molar-refractivity contribution in [2.75, 3.05) is 19.8 Å². The van der Waals surface area contributed by atoms with Crippen LogP contribution in [-0.2, 0) is 30.3 Å². The Morgan fingerprint density at radius 1 is 1.26 bits per heavy atom. The van der Waals surface area contributed by atoms with Crippen LogP contribution in [0.4, 0.5) is 4.79 Å².